The molecule has 3 rings (SSSR count). The van der Waals surface area contributed by atoms with E-state index >= 15 is 0 Å². The van der Waals surface area contributed by atoms with Crippen molar-refractivity contribution in [1.29, 1.82) is 0 Å². The third-order valence-electron chi connectivity index (χ3n) is 4.06. The molecule has 1 heterocycles. The van der Waals surface area contributed by atoms with Crippen LogP contribution >= 0.6 is 11.6 Å². The Morgan fingerprint density at radius 2 is 2.26 bits per heavy atom. The molecule has 1 aliphatic heterocycles. The number of benzene rings is 1. The molecule has 0 spiro atoms. The third-order valence-corrected chi connectivity index (χ3v) is 4.28. The molecule has 0 saturated heterocycles. The Morgan fingerprint density at radius 1 is 1.42 bits per heavy atom. The molecule has 1 atom stereocenters. The van der Waals surface area contributed by atoms with Crippen molar-refractivity contribution in [2.75, 3.05) is 13.2 Å². The lowest BCUT2D eigenvalue weighted by Crippen LogP contribution is -2.23. The zero-order valence-corrected chi connectivity index (χ0v) is 12.3. The molecule has 0 amide bonds. The predicted molar refractivity (Wildman–Crippen MR) is 79.2 cm³/mol. The second-order valence-corrected chi connectivity index (χ2v) is 6.41. The Labute approximate surface area is 120 Å². The highest BCUT2D eigenvalue weighted by atomic mass is 35.5. The smallest absolute Gasteiger partial charge is 0.125 e. The van der Waals surface area contributed by atoms with Gasteiger partial charge >= 0.3 is 0 Å². The van der Waals surface area contributed by atoms with Gasteiger partial charge in [0.25, 0.3) is 0 Å². The zero-order valence-electron chi connectivity index (χ0n) is 11.5. The SMILES string of the molecule is CC(CCc1cc(Cl)cc2c1OCC2)CNC1CC1. The molecule has 1 saturated carbocycles. The van der Waals surface area contributed by atoms with Crippen LogP contribution in [0.25, 0.3) is 0 Å². The van der Waals surface area contributed by atoms with Gasteiger partial charge in [0.15, 0.2) is 0 Å². The first-order chi connectivity index (χ1) is 9.22. The molecule has 0 bridgehead atoms. The van der Waals surface area contributed by atoms with E-state index in [0.29, 0.717) is 5.92 Å². The monoisotopic (exact) mass is 279 g/mol. The molecule has 19 heavy (non-hydrogen) atoms. The number of halogens is 1. The molecule has 2 aliphatic rings. The minimum absolute atomic E-state index is 0.705. The van der Waals surface area contributed by atoms with Gasteiger partial charge in [-0.1, -0.05) is 18.5 Å². The van der Waals surface area contributed by atoms with Crippen molar-refractivity contribution in [3.05, 3.63) is 28.3 Å². The second kappa shape index (κ2) is 5.72. The van der Waals surface area contributed by atoms with E-state index in [1.807, 2.05) is 6.07 Å². The number of hydrogen-bond acceptors (Lipinski definition) is 2. The molecule has 1 fully saturated rings. The van der Waals surface area contributed by atoms with Gasteiger partial charge in [0.05, 0.1) is 6.61 Å². The molecular weight excluding hydrogens is 258 g/mol. The highest BCUT2D eigenvalue weighted by Crippen LogP contribution is 2.34. The van der Waals surface area contributed by atoms with Gasteiger partial charge in [0.2, 0.25) is 0 Å². The van der Waals surface area contributed by atoms with Crippen molar-refractivity contribution >= 4 is 11.6 Å². The summed E-state index contributed by atoms with van der Waals surface area (Å²) < 4.78 is 5.75. The molecule has 1 aromatic carbocycles. The van der Waals surface area contributed by atoms with E-state index in [0.717, 1.165) is 42.8 Å². The Balaban J connectivity index is 1.56. The first kappa shape index (κ1) is 13.3. The van der Waals surface area contributed by atoms with E-state index in [4.69, 9.17) is 16.3 Å². The number of ether oxygens (including phenoxy) is 1. The van der Waals surface area contributed by atoms with Gasteiger partial charge in [-0.2, -0.15) is 0 Å². The third kappa shape index (κ3) is 3.43. The topological polar surface area (TPSA) is 21.3 Å². The summed E-state index contributed by atoms with van der Waals surface area (Å²) in [5.74, 6) is 1.81. The molecule has 1 aromatic rings. The van der Waals surface area contributed by atoms with E-state index < -0.39 is 0 Å². The van der Waals surface area contributed by atoms with Crippen LogP contribution in [0.2, 0.25) is 5.02 Å². The van der Waals surface area contributed by atoms with E-state index in [9.17, 15) is 0 Å². The van der Waals surface area contributed by atoms with Crippen LogP contribution in [0.4, 0.5) is 0 Å². The number of fused-ring (bicyclic) bond motifs is 1. The number of nitrogens with one attached hydrogen (secondary N) is 1. The van der Waals surface area contributed by atoms with Gasteiger partial charge in [0.1, 0.15) is 5.75 Å². The molecule has 1 N–H and O–H groups in total. The minimum Gasteiger partial charge on any atom is -0.493 e. The van der Waals surface area contributed by atoms with Crippen LogP contribution in [-0.2, 0) is 12.8 Å². The van der Waals surface area contributed by atoms with Gasteiger partial charge in [-0.15, -0.1) is 0 Å². The van der Waals surface area contributed by atoms with Gasteiger partial charge in [-0.3, -0.25) is 0 Å². The summed E-state index contributed by atoms with van der Waals surface area (Å²) in [5, 5.41) is 4.45. The number of rotatable bonds is 6. The Bertz CT molecular complexity index is 456. The maximum Gasteiger partial charge on any atom is 0.125 e. The van der Waals surface area contributed by atoms with Crippen molar-refractivity contribution in [1.82, 2.24) is 5.32 Å². The van der Waals surface area contributed by atoms with Crippen LogP contribution in [-0.4, -0.2) is 19.2 Å². The average Bonchev–Trinajstić information content (AvgIpc) is 3.10. The molecule has 0 radical (unpaired) electrons. The molecule has 1 unspecified atom stereocenters. The van der Waals surface area contributed by atoms with Crippen molar-refractivity contribution in [2.45, 2.75) is 45.1 Å². The van der Waals surface area contributed by atoms with Crippen molar-refractivity contribution in [3.63, 3.8) is 0 Å². The summed E-state index contributed by atoms with van der Waals surface area (Å²) >= 11 is 6.19. The minimum atomic E-state index is 0.705. The summed E-state index contributed by atoms with van der Waals surface area (Å²) in [6.07, 6.45) is 5.98. The van der Waals surface area contributed by atoms with Crippen LogP contribution in [0, 0.1) is 5.92 Å². The maximum atomic E-state index is 6.19. The number of hydrogen-bond donors (Lipinski definition) is 1. The van der Waals surface area contributed by atoms with Crippen LogP contribution in [0.5, 0.6) is 5.75 Å². The highest BCUT2D eigenvalue weighted by molar-refractivity contribution is 6.30. The first-order valence-corrected chi connectivity index (χ1v) is 7.77. The van der Waals surface area contributed by atoms with Crippen LogP contribution in [0.1, 0.15) is 37.3 Å². The fourth-order valence-corrected chi connectivity index (χ4v) is 2.95. The molecule has 104 valence electrons. The quantitative estimate of drug-likeness (QED) is 0.859. The molecule has 2 nitrogen and oxygen atoms in total. The second-order valence-electron chi connectivity index (χ2n) is 5.98. The van der Waals surface area contributed by atoms with E-state index in [1.165, 1.54) is 30.4 Å². The first-order valence-electron chi connectivity index (χ1n) is 7.40. The fraction of sp³-hybridized carbons (Fsp3) is 0.625. The van der Waals surface area contributed by atoms with Gasteiger partial charge < -0.3 is 10.1 Å². The van der Waals surface area contributed by atoms with Crippen molar-refractivity contribution < 1.29 is 4.74 Å². The molecule has 1 aliphatic carbocycles. The standard InChI is InChI=1S/C16H22ClNO/c1-11(10-18-15-4-5-15)2-3-12-8-14(17)9-13-6-7-19-16(12)13/h8-9,11,15,18H,2-7,10H2,1H3. The predicted octanol–water partition coefficient (Wildman–Crippen LogP) is 3.60. The molecule has 3 heteroatoms. The fourth-order valence-electron chi connectivity index (χ4n) is 2.69. The van der Waals surface area contributed by atoms with Crippen LogP contribution < -0.4 is 10.1 Å². The molecule has 0 aromatic heterocycles. The Hall–Kier alpha value is -0.730. The van der Waals surface area contributed by atoms with Crippen LogP contribution in [0.15, 0.2) is 12.1 Å². The normalized spacial score (nSPS) is 19.1. The summed E-state index contributed by atoms with van der Waals surface area (Å²) in [6.45, 7) is 4.26. The van der Waals surface area contributed by atoms with E-state index in [1.54, 1.807) is 0 Å². The lowest BCUT2D eigenvalue weighted by molar-refractivity contribution is 0.352. The summed E-state index contributed by atoms with van der Waals surface area (Å²) in [6, 6.07) is 4.93. The van der Waals surface area contributed by atoms with E-state index in [-0.39, 0.29) is 0 Å². The largest absolute Gasteiger partial charge is 0.493 e. The summed E-state index contributed by atoms with van der Waals surface area (Å²) in [7, 11) is 0. The van der Waals surface area contributed by atoms with Crippen LogP contribution in [0.3, 0.4) is 0 Å². The number of aryl methyl sites for hydroxylation is 1. The Kier molecular flexibility index (Phi) is 3.99. The molecular formula is C16H22ClNO. The van der Waals surface area contributed by atoms with Crippen molar-refractivity contribution in [2.24, 2.45) is 5.92 Å². The lowest BCUT2D eigenvalue weighted by Gasteiger charge is -2.14. The van der Waals surface area contributed by atoms with Crippen molar-refractivity contribution in [3.8, 4) is 5.75 Å². The Morgan fingerprint density at radius 3 is 3.05 bits per heavy atom. The summed E-state index contributed by atoms with van der Waals surface area (Å²) in [5.41, 5.74) is 2.57. The summed E-state index contributed by atoms with van der Waals surface area (Å²) in [4.78, 5) is 0. The average molecular weight is 280 g/mol. The van der Waals surface area contributed by atoms with E-state index in [2.05, 4.69) is 18.3 Å². The maximum absolute atomic E-state index is 6.19. The van der Waals surface area contributed by atoms with Gasteiger partial charge in [0, 0.05) is 17.5 Å². The zero-order chi connectivity index (χ0) is 13.2. The van der Waals surface area contributed by atoms with Gasteiger partial charge in [-0.05, 0) is 61.4 Å². The lowest BCUT2D eigenvalue weighted by atomic mass is 9.98. The van der Waals surface area contributed by atoms with Gasteiger partial charge in [-0.25, -0.2) is 0 Å². The highest BCUT2D eigenvalue weighted by Gasteiger charge is 2.21.